The quantitative estimate of drug-likeness (QED) is 0.815. The number of aryl methyl sites for hydroxylation is 2. The molecule has 1 heterocycles. The second-order valence-electron chi connectivity index (χ2n) is 4.61. The van der Waals surface area contributed by atoms with Crippen LogP contribution in [0.25, 0.3) is 0 Å². The summed E-state index contributed by atoms with van der Waals surface area (Å²) in [5.74, 6) is -0.753. The number of nitrogens with zero attached hydrogens (tertiary/aromatic N) is 3. The van der Waals surface area contributed by atoms with E-state index in [9.17, 15) is 4.79 Å². The van der Waals surface area contributed by atoms with E-state index in [1.54, 1.807) is 0 Å². The average molecular weight is 239 g/mol. The van der Waals surface area contributed by atoms with Gasteiger partial charge in [0.2, 0.25) is 0 Å². The van der Waals surface area contributed by atoms with E-state index in [1.165, 1.54) is 0 Å². The minimum absolute atomic E-state index is 0.176. The molecular formula is C12H21N3O2. The maximum atomic E-state index is 10.6. The van der Waals surface area contributed by atoms with Crippen molar-refractivity contribution >= 4 is 5.97 Å². The Balaban J connectivity index is 2.66. The summed E-state index contributed by atoms with van der Waals surface area (Å²) < 4.78 is 1.85. The van der Waals surface area contributed by atoms with Crippen molar-refractivity contribution in [1.29, 1.82) is 0 Å². The Morgan fingerprint density at radius 2 is 2.24 bits per heavy atom. The molecule has 0 spiro atoms. The lowest BCUT2D eigenvalue weighted by atomic mass is 10.2. The van der Waals surface area contributed by atoms with Crippen molar-refractivity contribution in [3.8, 4) is 0 Å². The Kier molecular flexibility index (Phi) is 4.69. The summed E-state index contributed by atoms with van der Waals surface area (Å²) in [6.07, 6.45) is 0.176. The zero-order valence-corrected chi connectivity index (χ0v) is 11.0. The van der Waals surface area contributed by atoms with Crippen LogP contribution >= 0.6 is 0 Å². The first kappa shape index (κ1) is 13.7. The third-order valence-electron chi connectivity index (χ3n) is 2.81. The van der Waals surface area contributed by atoms with Crippen LogP contribution in [0, 0.1) is 6.92 Å². The highest BCUT2D eigenvalue weighted by Crippen LogP contribution is 2.09. The van der Waals surface area contributed by atoms with Crippen LogP contribution < -0.4 is 0 Å². The molecule has 0 aliphatic carbocycles. The van der Waals surface area contributed by atoms with Crippen molar-refractivity contribution in [2.75, 3.05) is 6.54 Å². The first-order valence-corrected chi connectivity index (χ1v) is 5.85. The highest BCUT2D eigenvalue weighted by molar-refractivity contribution is 5.66. The molecule has 1 N–H and O–H groups in total. The molecule has 0 unspecified atom stereocenters. The van der Waals surface area contributed by atoms with Gasteiger partial charge in [0.1, 0.15) is 0 Å². The lowest BCUT2D eigenvalue weighted by Crippen LogP contribution is -2.33. The average Bonchev–Trinajstić information content (AvgIpc) is 2.51. The molecule has 0 saturated carbocycles. The second kappa shape index (κ2) is 5.82. The normalized spacial score (nSPS) is 11.4. The van der Waals surface area contributed by atoms with E-state index in [0.29, 0.717) is 12.6 Å². The van der Waals surface area contributed by atoms with Gasteiger partial charge in [-0.05, 0) is 26.8 Å². The van der Waals surface area contributed by atoms with E-state index in [2.05, 4.69) is 23.8 Å². The molecule has 0 amide bonds. The summed E-state index contributed by atoms with van der Waals surface area (Å²) in [5, 5.41) is 13.0. The van der Waals surface area contributed by atoms with Crippen molar-refractivity contribution in [3.63, 3.8) is 0 Å². The SMILES string of the molecule is Cc1cc(CN(CCC(=O)O)C(C)C)n(C)n1. The van der Waals surface area contributed by atoms with E-state index in [1.807, 2.05) is 24.7 Å². The molecule has 0 aliphatic rings. The molecule has 1 aromatic heterocycles. The van der Waals surface area contributed by atoms with Crippen LogP contribution in [-0.4, -0.2) is 38.3 Å². The Labute approximate surface area is 102 Å². The number of aromatic nitrogens is 2. The predicted octanol–water partition coefficient (Wildman–Crippen LogP) is 1.41. The lowest BCUT2D eigenvalue weighted by molar-refractivity contribution is -0.137. The van der Waals surface area contributed by atoms with Gasteiger partial charge < -0.3 is 5.11 Å². The van der Waals surface area contributed by atoms with Crippen LogP contribution in [0.4, 0.5) is 0 Å². The third kappa shape index (κ3) is 4.19. The summed E-state index contributed by atoms with van der Waals surface area (Å²) in [6.45, 7) is 7.41. The third-order valence-corrected chi connectivity index (χ3v) is 2.81. The Morgan fingerprint density at radius 3 is 2.65 bits per heavy atom. The number of hydrogen-bond acceptors (Lipinski definition) is 3. The summed E-state index contributed by atoms with van der Waals surface area (Å²) in [4.78, 5) is 12.7. The van der Waals surface area contributed by atoms with Crippen LogP contribution in [-0.2, 0) is 18.4 Å². The highest BCUT2D eigenvalue weighted by Gasteiger charge is 2.14. The van der Waals surface area contributed by atoms with Gasteiger partial charge in [-0.25, -0.2) is 0 Å². The van der Waals surface area contributed by atoms with E-state index < -0.39 is 5.97 Å². The van der Waals surface area contributed by atoms with E-state index in [0.717, 1.165) is 17.9 Å². The van der Waals surface area contributed by atoms with Gasteiger partial charge in [0.25, 0.3) is 0 Å². The van der Waals surface area contributed by atoms with Crippen LogP contribution in [0.2, 0.25) is 0 Å². The minimum atomic E-state index is -0.753. The number of carbonyl (C=O) groups is 1. The lowest BCUT2D eigenvalue weighted by Gasteiger charge is -2.25. The molecule has 0 saturated heterocycles. The fourth-order valence-electron chi connectivity index (χ4n) is 1.78. The van der Waals surface area contributed by atoms with Gasteiger partial charge in [0, 0.05) is 26.2 Å². The first-order chi connectivity index (χ1) is 7.90. The number of carboxylic acids is 1. The van der Waals surface area contributed by atoms with Crippen LogP contribution in [0.5, 0.6) is 0 Å². The molecular weight excluding hydrogens is 218 g/mol. The summed E-state index contributed by atoms with van der Waals surface area (Å²) in [5.41, 5.74) is 2.10. The maximum absolute atomic E-state index is 10.6. The summed E-state index contributed by atoms with van der Waals surface area (Å²) in [6, 6.07) is 2.36. The number of aliphatic carboxylic acids is 1. The summed E-state index contributed by atoms with van der Waals surface area (Å²) >= 11 is 0. The molecule has 0 atom stereocenters. The van der Waals surface area contributed by atoms with Crippen LogP contribution in [0.15, 0.2) is 6.07 Å². The Hall–Kier alpha value is -1.36. The minimum Gasteiger partial charge on any atom is -0.481 e. The number of carboxylic acid groups (broad SMARTS) is 1. The Bertz CT molecular complexity index is 385. The molecule has 1 rings (SSSR count). The highest BCUT2D eigenvalue weighted by atomic mass is 16.4. The van der Waals surface area contributed by atoms with Crippen LogP contribution in [0.1, 0.15) is 31.7 Å². The molecule has 0 radical (unpaired) electrons. The van der Waals surface area contributed by atoms with Crippen molar-refractivity contribution in [2.45, 2.75) is 39.8 Å². The Morgan fingerprint density at radius 1 is 1.59 bits per heavy atom. The zero-order chi connectivity index (χ0) is 13.0. The molecule has 0 aliphatic heterocycles. The van der Waals surface area contributed by atoms with Crippen molar-refractivity contribution in [1.82, 2.24) is 14.7 Å². The number of hydrogen-bond donors (Lipinski definition) is 1. The monoisotopic (exact) mass is 239 g/mol. The van der Waals surface area contributed by atoms with Gasteiger partial charge in [-0.1, -0.05) is 0 Å². The van der Waals surface area contributed by atoms with E-state index >= 15 is 0 Å². The number of rotatable bonds is 6. The molecule has 5 nitrogen and oxygen atoms in total. The largest absolute Gasteiger partial charge is 0.481 e. The zero-order valence-electron chi connectivity index (χ0n) is 11.0. The molecule has 0 fully saturated rings. The van der Waals surface area contributed by atoms with Crippen molar-refractivity contribution < 1.29 is 9.90 Å². The van der Waals surface area contributed by atoms with E-state index in [4.69, 9.17) is 5.11 Å². The predicted molar refractivity (Wildman–Crippen MR) is 65.7 cm³/mol. The summed E-state index contributed by atoms with van der Waals surface area (Å²) in [7, 11) is 1.91. The molecule has 1 aromatic rings. The fraction of sp³-hybridized carbons (Fsp3) is 0.667. The second-order valence-corrected chi connectivity index (χ2v) is 4.61. The molecule has 17 heavy (non-hydrogen) atoms. The molecule has 96 valence electrons. The topological polar surface area (TPSA) is 58.4 Å². The maximum Gasteiger partial charge on any atom is 0.304 e. The molecule has 5 heteroatoms. The van der Waals surface area contributed by atoms with Gasteiger partial charge >= 0.3 is 5.97 Å². The van der Waals surface area contributed by atoms with Gasteiger partial charge in [-0.15, -0.1) is 0 Å². The van der Waals surface area contributed by atoms with Crippen LogP contribution in [0.3, 0.4) is 0 Å². The molecule has 0 aromatic carbocycles. The molecule has 0 bridgehead atoms. The van der Waals surface area contributed by atoms with Gasteiger partial charge in [-0.3, -0.25) is 14.4 Å². The van der Waals surface area contributed by atoms with Gasteiger partial charge in [-0.2, -0.15) is 5.10 Å². The first-order valence-electron chi connectivity index (χ1n) is 5.85. The smallest absolute Gasteiger partial charge is 0.304 e. The van der Waals surface area contributed by atoms with Crippen molar-refractivity contribution in [2.24, 2.45) is 7.05 Å². The van der Waals surface area contributed by atoms with Crippen molar-refractivity contribution in [3.05, 3.63) is 17.5 Å². The van der Waals surface area contributed by atoms with Gasteiger partial charge in [0.15, 0.2) is 0 Å². The standard InChI is InChI=1S/C12H21N3O2/c1-9(2)15(6-5-12(16)17)8-11-7-10(3)13-14(11)4/h7,9H,5-6,8H2,1-4H3,(H,16,17). The van der Waals surface area contributed by atoms with Gasteiger partial charge in [0.05, 0.1) is 17.8 Å². The fourth-order valence-corrected chi connectivity index (χ4v) is 1.78. The van der Waals surface area contributed by atoms with E-state index in [-0.39, 0.29) is 6.42 Å².